The Morgan fingerprint density at radius 3 is 2.29 bits per heavy atom. The van der Waals surface area contributed by atoms with E-state index >= 15 is 0 Å². The highest BCUT2D eigenvalue weighted by atomic mass is 16.5. The second kappa shape index (κ2) is 8.37. The number of amides is 2. The molecule has 1 aromatic carbocycles. The topological polar surface area (TPSA) is 122 Å². The number of nitrogens with zero attached hydrogens (tertiary/aromatic N) is 3. The van der Waals surface area contributed by atoms with Crippen LogP contribution >= 0.6 is 0 Å². The molecule has 3 rings (SSSR count). The second-order valence-electron chi connectivity index (χ2n) is 8.05. The number of benzene rings is 1. The van der Waals surface area contributed by atoms with Crippen LogP contribution in [0.4, 0.5) is 5.69 Å². The minimum absolute atomic E-state index is 0.0452. The monoisotopic (exact) mass is 386 g/mol. The van der Waals surface area contributed by atoms with Crippen molar-refractivity contribution in [3.8, 4) is 11.8 Å². The molecule has 2 amide bonds. The van der Waals surface area contributed by atoms with Crippen LogP contribution in [0.3, 0.4) is 0 Å². The van der Waals surface area contributed by atoms with Gasteiger partial charge >= 0.3 is 6.01 Å². The van der Waals surface area contributed by atoms with Crippen molar-refractivity contribution in [2.24, 2.45) is 11.8 Å². The van der Waals surface area contributed by atoms with Crippen molar-refractivity contribution in [2.75, 3.05) is 5.32 Å². The minimum Gasteiger partial charge on any atom is -0.422 e. The van der Waals surface area contributed by atoms with Crippen molar-refractivity contribution < 1.29 is 14.3 Å². The summed E-state index contributed by atoms with van der Waals surface area (Å²) < 4.78 is 5.41. The fourth-order valence-electron chi connectivity index (χ4n) is 3.36. The van der Waals surface area contributed by atoms with E-state index in [1.54, 1.807) is 24.3 Å². The highest BCUT2D eigenvalue weighted by Crippen LogP contribution is 2.32. The van der Waals surface area contributed by atoms with Crippen molar-refractivity contribution >= 4 is 17.5 Å². The van der Waals surface area contributed by atoms with E-state index < -0.39 is 0 Å². The predicted octanol–water partition coefficient (Wildman–Crippen LogP) is 2.65. The van der Waals surface area contributed by atoms with E-state index in [9.17, 15) is 9.59 Å². The molecule has 1 heterocycles. The largest absolute Gasteiger partial charge is 0.422 e. The molecule has 0 bridgehead atoms. The number of nitrogens with one attached hydrogen (secondary N) is 3. The summed E-state index contributed by atoms with van der Waals surface area (Å²) in [5, 5.41) is 19.1. The molecular formula is C19H26N6O3. The molecule has 2 atom stereocenters. The van der Waals surface area contributed by atoms with E-state index in [0.717, 1.165) is 19.3 Å². The van der Waals surface area contributed by atoms with Gasteiger partial charge in [0.2, 0.25) is 11.8 Å². The minimum atomic E-state index is -0.327. The first-order valence-electron chi connectivity index (χ1n) is 9.46. The van der Waals surface area contributed by atoms with Crippen LogP contribution in [0.2, 0.25) is 0 Å². The molecular weight excluding hydrogens is 360 g/mol. The van der Waals surface area contributed by atoms with Gasteiger partial charge in [0.05, 0.1) is 0 Å². The smallest absolute Gasteiger partial charge is 0.361 e. The number of H-pyrrole nitrogens is 1. The number of aromatic amines is 1. The van der Waals surface area contributed by atoms with Crippen LogP contribution in [0.1, 0.15) is 46.5 Å². The average Bonchev–Trinajstić information content (AvgIpc) is 3.15. The zero-order valence-corrected chi connectivity index (χ0v) is 16.4. The summed E-state index contributed by atoms with van der Waals surface area (Å²) in [6.07, 6.45) is 3.37. The maximum atomic E-state index is 12.8. The molecule has 0 aliphatic heterocycles. The van der Waals surface area contributed by atoms with Crippen LogP contribution in [0, 0.1) is 11.8 Å². The summed E-state index contributed by atoms with van der Waals surface area (Å²) in [4.78, 5) is 25.5. The van der Waals surface area contributed by atoms with Crippen LogP contribution in [-0.4, -0.2) is 38.0 Å². The van der Waals surface area contributed by atoms with Crippen molar-refractivity contribution in [1.29, 1.82) is 0 Å². The van der Waals surface area contributed by atoms with E-state index in [4.69, 9.17) is 4.74 Å². The number of tetrazole rings is 1. The molecule has 9 heteroatoms. The maximum Gasteiger partial charge on any atom is 0.361 e. The fraction of sp³-hybridized carbons (Fsp3) is 0.526. The van der Waals surface area contributed by atoms with Crippen LogP contribution in [0.25, 0.3) is 0 Å². The number of ether oxygens (including phenoxy) is 1. The van der Waals surface area contributed by atoms with Crippen molar-refractivity contribution in [3.63, 3.8) is 0 Å². The molecule has 3 N–H and O–H groups in total. The summed E-state index contributed by atoms with van der Waals surface area (Å²) in [7, 11) is 0. The summed E-state index contributed by atoms with van der Waals surface area (Å²) in [6.45, 7) is 5.84. The number of hydrogen-bond acceptors (Lipinski definition) is 6. The Morgan fingerprint density at radius 1 is 1.07 bits per heavy atom. The molecule has 1 saturated carbocycles. The average molecular weight is 386 g/mol. The van der Waals surface area contributed by atoms with Gasteiger partial charge in [-0.15, -0.1) is 0 Å². The Balaban J connectivity index is 1.62. The Bertz CT molecular complexity index is 798. The van der Waals surface area contributed by atoms with Gasteiger partial charge in [-0.1, -0.05) is 23.0 Å². The lowest BCUT2D eigenvalue weighted by Gasteiger charge is -2.32. The number of carbonyl (C=O) groups is 2. The first kappa shape index (κ1) is 19.8. The van der Waals surface area contributed by atoms with Gasteiger partial charge in [0.15, 0.2) is 0 Å². The van der Waals surface area contributed by atoms with Crippen LogP contribution in [0.15, 0.2) is 24.3 Å². The molecule has 0 unspecified atom stereocenters. The highest BCUT2D eigenvalue weighted by Gasteiger charge is 2.36. The summed E-state index contributed by atoms with van der Waals surface area (Å²) in [5.41, 5.74) is 0.329. The van der Waals surface area contributed by atoms with Crippen molar-refractivity contribution in [1.82, 2.24) is 25.9 Å². The van der Waals surface area contributed by atoms with Gasteiger partial charge in [-0.05, 0) is 63.1 Å². The molecule has 1 aromatic heterocycles. The first-order valence-corrected chi connectivity index (χ1v) is 9.46. The van der Waals surface area contributed by atoms with E-state index in [2.05, 4.69) is 31.3 Å². The molecule has 1 aliphatic rings. The molecule has 150 valence electrons. The van der Waals surface area contributed by atoms with Crippen LogP contribution < -0.4 is 15.4 Å². The van der Waals surface area contributed by atoms with E-state index in [1.807, 2.05) is 20.8 Å². The highest BCUT2D eigenvalue weighted by molar-refractivity contribution is 5.96. The first-order chi connectivity index (χ1) is 13.3. The molecule has 9 nitrogen and oxygen atoms in total. The van der Waals surface area contributed by atoms with Gasteiger partial charge in [0.1, 0.15) is 5.75 Å². The number of rotatable bonds is 5. The lowest BCUT2D eigenvalue weighted by Crippen LogP contribution is -2.48. The Kier molecular flexibility index (Phi) is 5.91. The van der Waals surface area contributed by atoms with Crippen molar-refractivity contribution in [2.45, 2.75) is 52.0 Å². The summed E-state index contributed by atoms with van der Waals surface area (Å²) >= 11 is 0. The van der Waals surface area contributed by atoms with Gasteiger partial charge in [0, 0.05) is 23.1 Å². The van der Waals surface area contributed by atoms with E-state index in [1.165, 1.54) is 0 Å². The predicted molar refractivity (Wildman–Crippen MR) is 103 cm³/mol. The Morgan fingerprint density at radius 2 is 1.71 bits per heavy atom. The molecule has 28 heavy (non-hydrogen) atoms. The van der Waals surface area contributed by atoms with Gasteiger partial charge < -0.3 is 15.4 Å². The van der Waals surface area contributed by atoms with Crippen LogP contribution in [-0.2, 0) is 9.59 Å². The third-order valence-electron chi connectivity index (χ3n) is 4.59. The van der Waals surface area contributed by atoms with Gasteiger partial charge in [-0.3, -0.25) is 9.59 Å². The molecule has 0 radical (unpaired) electrons. The SMILES string of the molecule is CC(C)(C)NC(=O)[C@@H]1CCCC[C@@H]1C(=O)Nc1ccc(Oc2nn[nH]n2)cc1. The van der Waals surface area contributed by atoms with Crippen molar-refractivity contribution in [3.05, 3.63) is 24.3 Å². The Hall–Kier alpha value is -2.97. The van der Waals surface area contributed by atoms with Gasteiger partial charge in [0.25, 0.3) is 0 Å². The third-order valence-corrected chi connectivity index (χ3v) is 4.59. The van der Waals surface area contributed by atoms with Gasteiger partial charge in [-0.2, -0.15) is 5.21 Å². The maximum absolute atomic E-state index is 12.8. The lowest BCUT2D eigenvalue weighted by atomic mass is 9.77. The molecule has 0 saturated heterocycles. The number of aromatic nitrogens is 4. The quantitative estimate of drug-likeness (QED) is 0.726. The molecule has 1 aliphatic carbocycles. The molecule has 2 aromatic rings. The standard InChI is InChI=1S/C19H26N6O3/c1-19(2,3)21-17(27)15-7-5-4-6-14(15)16(26)20-12-8-10-13(11-9-12)28-18-22-24-25-23-18/h8-11,14-15H,4-7H2,1-3H3,(H,20,26)(H,21,27)(H,22,23,24,25)/t14-,15+/m0/s1. The summed E-state index contributed by atoms with van der Waals surface area (Å²) in [5.74, 6) is -0.267. The van der Waals surface area contributed by atoms with E-state index in [0.29, 0.717) is 17.9 Å². The zero-order valence-electron chi connectivity index (χ0n) is 16.4. The number of carbonyl (C=O) groups excluding carboxylic acids is 2. The van der Waals surface area contributed by atoms with Crippen LogP contribution in [0.5, 0.6) is 11.8 Å². The lowest BCUT2D eigenvalue weighted by molar-refractivity contribution is -0.135. The van der Waals surface area contributed by atoms with E-state index in [-0.39, 0.29) is 35.2 Å². The third kappa shape index (κ3) is 5.28. The van der Waals surface area contributed by atoms with Gasteiger partial charge in [-0.25, -0.2) is 0 Å². The molecule has 0 spiro atoms. The summed E-state index contributed by atoms with van der Waals surface area (Å²) in [6, 6.07) is 7.00. The fourth-order valence-corrected chi connectivity index (χ4v) is 3.36. The zero-order chi connectivity index (χ0) is 20.1. The normalized spacial score (nSPS) is 19.7. The second-order valence-corrected chi connectivity index (χ2v) is 8.05. The Labute approximate surface area is 163 Å². The molecule has 1 fully saturated rings. The number of anilines is 1. The number of hydrogen-bond donors (Lipinski definition) is 3.